The molecule has 1 aromatic rings. The molecule has 2 amide bonds. The topological polar surface area (TPSA) is 84.9 Å². The lowest BCUT2D eigenvalue weighted by Crippen LogP contribution is -2.61. The van der Waals surface area contributed by atoms with E-state index in [2.05, 4.69) is 9.97 Å². The van der Waals surface area contributed by atoms with Crippen molar-refractivity contribution >= 4 is 11.8 Å². The Hall–Kier alpha value is -2.06. The fraction of sp³-hybridized carbons (Fsp3) is 0.647. The van der Waals surface area contributed by atoms with E-state index in [0.717, 1.165) is 0 Å². The molecule has 0 bridgehead atoms. The van der Waals surface area contributed by atoms with E-state index in [4.69, 9.17) is 9.47 Å². The maximum atomic E-state index is 12.9. The van der Waals surface area contributed by atoms with Gasteiger partial charge in [0.1, 0.15) is 5.82 Å². The van der Waals surface area contributed by atoms with Gasteiger partial charge < -0.3 is 19.3 Å². The molecule has 0 spiro atoms. The summed E-state index contributed by atoms with van der Waals surface area (Å²) >= 11 is 0. The van der Waals surface area contributed by atoms with Crippen LogP contribution in [0.5, 0.6) is 0 Å². The molecule has 2 fully saturated rings. The third kappa shape index (κ3) is 3.64. The predicted molar refractivity (Wildman–Crippen MR) is 89.2 cm³/mol. The molecular formula is C17H24N4O4. The van der Waals surface area contributed by atoms with Crippen molar-refractivity contribution in [2.45, 2.75) is 26.4 Å². The molecule has 2 aliphatic rings. The van der Waals surface area contributed by atoms with Gasteiger partial charge in [-0.1, -0.05) is 0 Å². The van der Waals surface area contributed by atoms with Gasteiger partial charge in [0.15, 0.2) is 5.60 Å². The highest BCUT2D eigenvalue weighted by Crippen LogP contribution is 2.23. The fourth-order valence-corrected chi connectivity index (χ4v) is 3.24. The minimum absolute atomic E-state index is 0.0924. The Kier molecular flexibility index (Phi) is 5.01. The molecule has 136 valence electrons. The fourth-order valence-electron chi connectivity index (χ4n) is 3.24. The van der Waals surface area contributed by atoms with Crippen molar-refractivity contribution in [1.82, 2.24) is 19.8 Å². The van der Waals surface area contributed by atoms with Crippen LogP contribution >= 0.6 is 0 Å². The van der Waals surface area contributed by atoms with Crippen LogP contribution in [0, 0.1) is 13.8 Å². The van der Waals surface area contributed by atoms with E-state index in [9.17, 15) is 9.59 Å². The predicted octanol–water partition coefficient (Wildman–Crippen LogP) is 0.183. The summed E-state index contributed by atoms with van der Waals surface area (Å²) in [6.07, 6.45) is 1.55. The third-order valence-corrected chi connectivity index (χ3v) is 4.64. The number of hydrogen-bond donors (Lipinski definition) is 0. The summed E-state index contributed by atoms with van der Waals surface area (Å²) < 4.78 is 11.1. The molecular weight excluding hydrogens is 324 g/mol. The molecule has 8 nitrogen and oxygen atoms in total. The zero-order chi connectivity index (χ0) is 18.0. The standard InChI is InChI=1S/C17H24N4O4/c1-12-14(10-18-13(2)19-12)15(22)21-6-9-25-17(3,11-21)16(23)20-4-7-24-8-5-20/h10H,4-9,11H2,1-3H3/t17-/m1/s1. The second kappa shape index (κ2) is 7.05. The second-order valence-corrected chi connectivity index (χ2v) is 6.63. The van der Waals surface area contributed by atoms with Gasteiger partial charge in [-0.25, -0.2) is 9.97 Å². The van der Waals surface area contributed by atoms with Crippen molar-refractivity contribution in [3.8, 4) is 0 Å². The van der Waals surface area contributed by atoms with Crippen molar-refractivity contribution < 1.29 is 19.1 Å². The van der Waals surface area contributed by atoms with Crippen LogP contribution in [-0.4, -0.2) is 83.2 Å². The number of amides is 2. The number of carbonyl (C=O) groups is 2. The van der Waals surface area contributed by atoms with Gasteiger partial charge in [-0.3, -0.25) is 9.59 Å². The lowest BCUT2D eigenvalue weighted by atomic mass is 10.0. The molecule has 0 radical (unpaired) electrons. The van der Waals surface area contributed by atoms with Crippen LogP contribution in [-0.2, 0) is 14.3 Å². The Morgan fingerprint density at radius 2 is 1.80 bits per heavy atom. The van der Waals surface area contributed by atoms with Crippen molar-refractivity contribution in [3.63, 3.8) is 0 Å². The van der Waals surface area contributed by atoms with Crippen LogP contribution < -0.4 is 0 Å². The van der Waals surface area contributed by atoms with Gasteiger partial charge >= 0.3 is 0 Å². The van der Waals surface area contributed by atoms with E-state index in [-0.39, 0.29) is 18.4 Å². The summed E-state index contributed by atoms with van der Waals surface area (Å²) in [6.45, 7) is 8.48. The van der Waals surface area contributed by atoms with Crippen molar-refractivity contribution in [1.29, 1.82) is 0 Å². The number of nitrogens with zero attached hydrogens (tertiary/aromatic N) is 4. The molecule has 25 heavy (non-hydrogen) atoms. The van der Waals surface area contributed by atoms with Crippen LogP contribution in [0.2, 0.25) is 0 Å². The Morgan fingerprint density at radius 1 is 1.12 bits per heavy atom. The monoisotopic (exact) mass is 348 g/mol. The lowest BCUT2D eigenvalue weighted by Gasteiger charge is -2.42. The number of aromatic nitrogens is 2. The molecule has 0 unspecified atom stereocenters. The minimum Gasteiger partial charge on any atom is -0.378 e. The first-order chi connectivity index (χ1) is 11.9. The van der Waals surface area contributed by atoms with Crippen molar-refractivity contribution in [3.05, 3.63) is 23.3 Å². The minimum atomic E-state index is -1.04. The number of aryl methyl sites for hydroxylation is 2. The summed E-state index contributed by atoms with van der Waals surface area (Å²) in [5.74, 6) is 0.371. The van der Waals surface area contributed by atoms with E-state index in [1.54, 1.807) is 36.8 Å². The Labute approximate surface area is 147 Å². The first kappa shape index (κ1) is 17.8. The molecule has 0 aliphatic carbocycles. The van der Waals surface area contributed by atoms with Crippen molar-refractivity contribution in [2.75, 3.05) is 46.0 Å². The smallest absolute Gasteiger partial charge is 0.257 e. The highest BCUT2D eigenvalue weighted by Gasteiger charge is 2.43. The van der Waals surface area contributed by atoms with Gasteiger partial charge in [0, 0.05) is 25.8 Å². The van der Waals surface area contributed by atoms with E-state index in [0.29, 0.717) is 56.5 Å². The number of ether oxygens (including phenoxy) is 2. The van der Waals surface area contributed by atoms with Gasteiger partial charge in [-0.2, -0.15) is 0 Å². The maximum Gasteiger partial charge on any atom is 0.257 e. The average molecular weight is 348 g/mol. The molecule has 2 saturated heterocycles. The molecule has 0 saturated carbocycles. The van der Waals surface area contributed by atoms with E-state index >= 15 is 0 Å². The largest absolute Gasteiger partial charge is 0.378 e. The van der Waals surface area contributed by atoms with E-state index in [1.807, 2.05) is 0 Å². The molecule has 0 N–H and O–H groups in total. The Bertz CT molecular complexity index is 675. The number of hydrogen-bond acceptors (Lipinski definition) is 6. The molecule has 2 aliphatic heterocycles. The molecule has 3 rings (SSSR count). The molecule has 1 aromatic heterocycles. The van der Waals surface area contributed by atoms with Crippen LogP contribution in [0.15, 0.2) is 6.20 Å². The Balaban J connectivity index is 1.75. The highest BCUT2D eigenvalue weighted by molar-refractivity contribution is 5.96. The third-order valence-electron chi connectivity index (χ3n) is 4.64. The van der Waals surface area contributed by atoms with E-state index in [1.165, 1.54) is 0 Å². The van der Waals surface area contributed by atoms with Crippen LogP contribution in [0.3, 0.4) is 0 Å². The zero-order valence-corrected chi connectivity index (χ0v) is 14.9. The van der Waals surface area contributed by atoms with Crippen LogP contribution in [0.4, 0.5) is 0 Å². The number of rotatable bonds is 2. The first-order valence-electron chi connectivity index (χ1n) is 8.51. The lowest BCUT2D eigenvalue weighted by molar-refractivity contribution is -0.168. The van der Waals surface area contributed by atoms with Gasteiger partial charge in [0.05, 0.1) is 37.6 Å². The normalized spacial score (nSPS) is 24.3. The molecule has 8 heteroatoms. The van der Waals surface area contributed by atoms with Gasteiger partial charge in [0.25, 0.3) is 11.8 Å². The molecule has 3 heterocycles. The van der Waals surface area contributed by atoms with E-state index < -0.39 is 5.60 Å². The van der Waals surface area contributed by atoms with Gasteiger partial charge in [0.2, 0.25) is 0 Å². The summed E-state index contributed by atoms with van der Waals surface area (Å²) in [5, 5.41) is 0. The Morgan fingerprint density at radius 3 is 2.48 bits per heavy atom. The quantitative estimate of drug-likeness (QED) is 0.758. The second-order valence-electron chi connectivity index (χ2n) is 6.63. The summed E-state index contributed by atoms with van der Waals surface area (Å²) in [4.78, 5) is 37.5. The SMILES string of the molecule is Cc1ncc(C(=O)N2CCO[C@@](C)(C(=O)N3CCOCC3)C2)c(C)n1. The number of morpholine rings is 2. The zero-order valence-electron chi connectivity index (χ0n) is 14.9. The molecule has 0 aromatic carbocycles. The average Bonchev–Trinajstić information content (AvgIpc) is 2.61. The summed E-state index contributed by atoms with van der Waals surface area (Å²) in [5.41, 5.74) is 0.0731. The molecule has 1 atom stereocenters. The maximum absolute atomic E-state index is 12.9. The van der Waals surface area contributed by atoms with Crippen LogP contribution in [0.25, 0.3) is 0 Å². The summed E-state index contributed by atoms with van der Waals surface area (Å²) in [7, 11) is 0. The first-order valence-corrected chi connectivity index (χ1v) is 8.51. The van der Waals surface area contributed by atoms with Crippen molar-refractivity contribution in [2.24, 2.45) is 0 Å². The van der Waals surface area contributed by atoms with Gasteiger partial charge in [-0.15, -0.1) is 0 Å². The van der Waals surface area contributed by atoms with Gasteiger partial charge in [-0.05, 0) is 20.8 Å². The number of carbonyl (C=O) groups excluding carboxylic acids is 2. The van der Waals surface area contributed by atoms with Crippen LogP contribution in [0.1, 0.15) is 28.8 Å². The summed E-state index contributed by atoms with van der Waals surface area (Å²) in [6, 6.07) is 0. The highest BCUT2D eigenvalue weighted by atomic mass is 16.5.